The first-order valence-corrected chi connectivity index (χ1v) is 9.36. The molecule has 1 fully saturated rings. The highest BCUT2D eigenvalue weighted by atomic mass is 16.2. The molecular weight excluding hydrogens is 326 g/mol. The molecule has 1 aliphatic heterocycles. The summed E-state index contributed by atoms with van der Waals surface area (Å²) in [6.45, 7) is 16.3. The number of benzene rings is 1. The lowest BCUT2D eigenvalue weighted by molar-refractivity contribution is -0.149. The van der Waals surface area contributed by atoms with E-state index in [1.165, 1.54) is 16.8 Å². The minimum Gasteiger partial charge on any atom is -0.368 e. The van der Waals surface area contributed by atoms with Crippen molar-refractivity contribution in [3.8, 4) is 0 Å². The Morgan fingerprint density at radius 3 is 2.08 bits per heavy atom. The third-order valence-electron chi connectivity index (χ3n) is 5.07. The lowest BCUT2D eigenvalue weighted by Crippen LogP contribution is -2.57. The summed E-state index contributed by atoms with van der Waals surface area (Å²) in [7, 11) is 0. The van der Waals surface area contributed by atoms with Gasteiger partial charge in [0, 0.05) is 37.4 Å². The standard InChI is InChI=1S/C21H33N3O2/c1-15-9-8-10-17(16(15)2)23-11-13-24(14-12-23)19(26)21(6,7)18(25)22-20(3,4)5/h8-10H,11-14H2,1-7H3,(H,22,25). The maximum absolute atomic E-state index is 13.0. The summed E-state index contributed by atoms with van der Waals surface area (Å²) < 4.78 is 0. The zero-order valence-corrected chi connectivity index (χ0v) is 17.3. The fourth-order valence-electron chi connectivity index (χ4n) is 3.22. The molecule has 0 unspecified atom stereocenters. The quantitative estimate of drug-likeness (QED) is 0.845. The van der Waals surface area contributed by atoms with Gasteiger partial charge in [-0.15, -0.1) is 0 Å². The Morgan fingerprint density at radius 2 is 1.54 bits per heavy atom. The molecule has 1 heterocycles. The predicted molar refractivity (Wildman–Crippen MR) is 106 cm³/mol. The summed E-state index contributed by atoms with van der Waals surface area (Å²) in [6.07, 6.45) is 0. The van der Waals surface area contributed by atoms with E-state index in [-0.39, 0.29) is 17.4 Å². The van der Waals surface area contributed by atoms with Crippen LogP contribution in [-0.4, -0.2) is 48.4 Å². The summed E-state index contributed by atoms with van der Waals surface area (Å²) in [5.41, 5.74) is 2.39. The van der Waals surface area contributed by atoms with Gasteiger partial charge in [0.25, 0.3) is 0 Å². The first kappa shape index (κ1) is 20.3. The highest BCUT2D eigenvalue weighted by Crippen LogP contribution is 2.26. The van der Waals surface area contributed by atoms with Gasteiger partial charge in [-0.3, -0.25) is 9.59 Å². The van der Waals surface area contributed by atoms with Gasteiger partial charge in [0.15, 0.2) is 0 Å². The van der Waals surface area contributed by atoms with E-state index in [1.54, 1.807) is 13.8 Å². The van der Waals surface area contributed by atoms with Crippen molar-refractivity contribution in [2.24, 2.45) is 5.41 Å². The van der Waals surface area contributed by atoms with E-state index < -0.39 is 5.41 Å². The van der Waals surface area contributed by atoms with Crippen molar-refractivity contribution in [1.82, 2.24) is 10.2 Å². The van der Waals surface area contributed by atoms with E-state index >= 15 is 0 Å². The van der Waals surface area contributed by atoms with Crippen LogP contribution < -0.4 is 10.2 Å². The molecule has 0 aromatic heterocycles. The number of piperazine rings is 1. The number of hydrogen-bond donors (Lipinski definition) is 1. The van der Waals surface area contributed by atoms with Gasteiger partial charge in [-0.2, -0.15) is 0 Å². The van der Waals surface area contributed by atoms with Crippen LogP contribution in [0.3, 0.4) is 0 Å². The zero-order valence-electron chi connectivity index (χ0n) is 17.3. The van der Waals surface area contributed by atoms with Gasteiger partial charge >= 0.3 is 0 Å². The Balaban J connectivity index is 2.03. The summed E-state index contributed by atoms with van der Waals surface area (Å²) >= 11 is 0. The van der Waals surface area contributed by atoms with Crippen LogP contribution in [-0.2, 0) is 9.59 Å². The minimum absolute atomic E-state index is 0.0973. The highest BCUT2D eigenvalue weighted by molar-refractivity contribution is 6.04. The van der Waals surface area contributed by atoms with Gasteiger partial charge in [0.2, 0.25) is 11.8 Å². The molecule has 2 rings (SSSR count). The minimum atomic E-state index is -1.06. The average Bonchev–Trinajstić information content (AvgIpc) is 2.55. The molecule has 26 heavy (non-hydrogen) atoms. The Labute approximate surface area is 157 Å². The van der Waals surface area contributed by atoms with Gasteiger partial charge in [-0.25, -0.2) is 0 Å². The van der Waals surface area contributed by atoms with Crippen molar-refractivity contribution in [2.45, 2.75) is 54.0 Å². The predicted octanol–water partition coefficient (Wildman–Crippen LogP) is 2.89. The first-order chi connectivity index (χ1) is 11.9. The van der Waals surface area contributed by atoms with E-state index in [0.29, 0.717) is 13.1 Å². The molecule has 0 bridgehead atoms. The third kappa shape index (κ3) is 4.37. The molecule has 2 amide bonds. The van der Waals surface area contributed by atoms with Crippen molar-refractivity contribution >= 4 is 17.5 Å². The van der Waals surface area contributed by atoms with Crippen LogP contribution in [0.25, 0.3) is 0 Å². The molecule has 0 atom stereocenters. The summed E-state index contributed by atoms with van der Waals surface area (Å²) in [5.74, 6) is -0.313. The number of nitrogens with zero attached hydrogens (tertiary/aromatic N) is 2. The number of nitrogens with one attached hydrogen (secondary N) is 1. The summed E-state index contributed by atoms with van der Waals surface area (Å²) in [5, 5.41) is 2.93. The van der Waals surface area contributed by atoms with E-state index in [2.05, 4.69) is 42.3 Å². The van der Waals surface area contributed by atoms with Crippen molar-refractivity contribution < 1.29 is 9.59 Å². The number of carbonyl (C=O) groups excluding carboxylic acids is 2. The van der Waals surface area contributed by atoms with Crippen LogP contribution in [0.2, 0.25) is 0 Å². The molecule has 0 radical (unpaired) electrons. The molecule has 1 aromatic carbocycles. The lowest BCUT2D eigenvalue weighted by Gasteiger charge is -2.40. The lowest BCUT2D eigenvalue weighted by atomic mass is 9.88. The fourth-order valence-corrected chi connectivity index (χ4v) is 3.22. The van der Waals surface area contributed by atoms with E-state index in [4.69, 9.17) is 0 Å². The van der Waals surface area contributed by atoms with Crippen LogP contribution in [0.15, 0.2) is 18.2 Å². The van der Waals surface area contributed by atoms with E-state index in [1.807, 2.05) is 25.7 Å². The van der Waals surface area contributed by atoms with Crippen LogP contribution >= 0.6 is 0 Å². The molecule has 144 valence electrons. The van der Waals surface area contributed by atoms with Crippen molar-refractivity contribution in [3.05, 3.63) is 29.3 Å². The normalized spacial score (nSPS) is 15.8. The van der Waals surface area contributed by atoms with Gasteiger partial charge in [-0.05, 0) is 65.7 Å². The molecule has 1 aliphatic rings. The van der Waals surface area contributed by atoms with Crippen molar-refractivity contribution in [2.75, 3.05) is 31.1 Å². The second-order valence-corrected chi connectivity index (χ2v) is 8.83. The molecule has 5 heteroatoms. The smallest absolute Gasteiger partial charge is 0.237 e. The van der Waals surface area contributed by atoms with Gasteiger partial charge in [0.05, 0.1) is 0 Å². The second-order valence-electron chi connectivity index (χ2n) is 8.83. The maximum Gasteiger partial charge on any atom is 0.237 e. The van der Waals surface area contributed by atoms with Crippen molar-refractivity contribution in [1.29, 1.82) is 0 Å². The van der Waals surface area contributed by atoms with Gasteiger partial charge in [-0.1, -0.05) is 12.1 Å². The summed E-state index contributed by atoms with van der Waals surface area (Å²) in [6, 6.07) is 6.34. The number of amides is 2. The summed E-state index contributed by atoms with van der Waals surface area (Å²) in [4.78, 5) is 29.7. The topological polar surface area (TPSA) is 52.7 Å². The Hall–Kier alpha value is -2.04. The zero-order chi connectivity index (χ0) is 19.7. The molecule has 5 nitrogen and oxygen atoms in total. The largest absolute Gasteiger partial charge is 0.368 e. The molecule has 0 aliphatic carbocycles. The fraction of sp³-hybridized carbons (Fsp3) is 0.619. The Kier molecular flexibility index (Phi) is 5.69. The van der Waals surface area contributed by atoms with E-state index in [9.17, 15) is 9.59 Å². The molecule has 1 saturated heterocycles. The number of rotatable bonds is 3. The number of carbonyl (C=O) groups is 2. The Morgan fingerprint density at radius 1 is 0.962 bits per heavy atom. The number of anilines is 1. The molecular formula is C21H33N3O2. The van der Waals surface area contributed by atoms with Crippen LogP contribution in [0.5, 0.6) is 0 Å². The van der Waals surface area contributed by atoms with Crippen LogP contribution in [0.1, 0.15) is 45.7 Å². The molecule has 1 N–H and O–H groups in total. The van der Waals surface area contributed by atoms with E-state index in [0.717, 1.165) is 13.1 Å². The Bertz CT molecular complexity index is 681. The number of aryl methyl sites for hydroxylation is 1. The maximum atomic E-state index is 13.0. The number of hydrogen-bond acceptors (Lipinski definition) is 3. The van der Waals surface area contributed by atoms with Gasteiger partial charge in [0.1, 0.15) is 5.41 Å². The second kappa shape index (κ2) is 7.29. The molecule has 1 aromatic rings. The van der Waals surface area contributed by atoms with Crippen LogP contribution in [0.4, 0.5) is 5.69 Å². The first-order valence-electron chi connectivity index (χ1n) is 9.36. The molecule has 0 spiro atoms. The van der Waals surface area contributed by atoms with Gasteiger partial charge < -0.3 is 15.1 Å². The highest BCUT2D eigenvalue weighted by Gasteiger charge is 2.41. The molecule has 0 saturated carbocycles. The average molecular weight is 360 g/mol. The van der Waals surface area contributed by atoms with Crippen LogP contribution in [0, 0.1) is 19.3 Å². The SMILES string of the molecule is Cc1cccc(N2CCN(C(=O)C(C)(C)C(=O)NC(C)(C)C)CC2)c1C. The third-order valence-corrected chi connectivity index (χ3v) is 5.07. The monoisotopic (exact) mass is 359 g/mol. The van der Waals surface area contributed by atoms with Crippen molar-refractivity contribution in [3.63, 3.8) is 0 Å².